The lowest BCUT2D eigenvalue weighted by Gasteiger charge is -2.39. The molecule has 0 aliphatic carbocycles. The average molecular weight is 743 g/mol. The Morgan fingerprint density at radius 1 is 0.577 bits per heavy atom. The SMILES string of the molecule is CCCCCCCC/C=C\CCCCCCCCCC(=O)OC(COC(=O)CCCCCCCCCCCC)COC1OC(CO)C(O)C(O)C1O. The lowest BCUT2D eigenvalue weighted by Crippen LogP contribution is -2.59. The van der Waals surface area contributed by atoms with E-state index >= 15 is 0 Å². The molecule has 10 nitrogen and oxygen atoms in total. The van der Waals surface area contributed by atoms with Gasteiger partial charge >= 0.3 is 11.9 Å². The van der Waals surface area contributed by atoms with Gasteiger partial charge in [0.1, 0.15) is 31.0 Å². The Bertz CT molecular complexity index is 866. The van der Waals surface area contributed by atoms with E-state index in [1.165, 1.54) is 109 Å². The minimum absolute atomic E-state index is 0.214. The summed E-state index contributed by atoms with van der Waals surface area (Å²) in [6, 6.07) is 0. The molecule has 4 N–H and O–H groups in total. The molecule has 6 atom stereocenters. The summed E-state index contributed by atoms with van der Waals surface area (Å²) in [7, 11) is 0. The van der Waals surface area contributed by atoms with Gasteiger partial charge in [0, 0.05) is 12.8 Å². The molecule has 1 fully saturated rings. The second kappa shape index (κ2) is 34.0. The Kier molecular flexibility index (Phi) is 31.7. The minimum Gasteiger partial charge on any atom is -0.462 e. The summed E-state index contributed by atoms with van der Waals surface area (Å²) in [4.78, 5) is 25.2. The Hall–Kier alpha value is -1.56. The number of esters is 2. The lowest BCUT2D eigenvalue weighted by atomic mass is 9.99. The molecule has 6 unspecified atom stereocenters. The zero-order chi connectivity index (χ0) is 38.1. The first-order valence-corrected chi connectivity index (χ1v) is 21.3. The quantitative estimate of drug-likeness (QED) is 0.0283. The van der Waals surface area contributed by atoms with Crippen molar-refractivity contribution >= 4 is 11.9 Å². The van der Waals surface area contributed by atoms with Crippen LogP contribution in [0.15, 0.2) is 12.2 Å². The fraction of sp³-hybridized carbons (Fsp3) is 0.905. The van der Waals surface area contributed by atoms with Crippen LogP contribution in [0.3, 0.4) is 0 Å². The van der Waals surface area contributed by atoms with Crippen LogP contribution < -0.4 is 0 Å². The van der Waals surface area contributed by atoms with Crippen molar-refractivity contribution in [2.24, 2.45) is 0 Å². The largest absolute Gasteiger partial charge is 0.462 e. The van der Waals surface area contributed by atoms with Crippen LogP contribution in [0.1, 0.15) is 187 Å². The monoisotopic (exact) mass is 743 g/mol. The molecular weight excluding hydrogens is 664 g/mol. The van der Waals surface area contributed by atoms with Crippen LogP contribution in [0, 0.1) is 0 Å². The van der Waals surface area contributed by atoms with E-state index in [0.717, 1.165) is 44.9 Å². The van der Waals surface area contributed by atoms with Gasteiger partial charge in [0.2, 0.25) is 0 Å². The molecule has 0 aromatic carbocycles. The maximum absolute atomic E-state index is 12.7. The molecule has 1 heterocycles. The van der Waals surface area contributed by atoms with E-state index in [1.54, 1.807) is 0 Å². The normalized spacial score (nSPS) is 21.1. The van der Waals surface area contributed by atoms with E-state index in [2.05, 4.69) is 26.0 Å². The number of carbonyl (C=O) groups is 2. The van der Waals surface area contributed by atoms with E-state index < -0.39 is 49.4 Å². The molecular formula is C42H78O10. The second-order valence-corrected chi connectivity index (χ2v) is 14.8. The van der Waals surface area contributed by atoms with E-state index in [-0.39, 0.29) is 32.0 Å². The number of aliphatic hydroxyl groups is 4. The number of allylic oxidation sites excluding steroid dienone is 2. The van der Waals surface area contributed by atoms with Gasteiger partial charge in [0.15, 0.2) is 12.4 Å². The van der Waals surface area contributed by atoms with Crippen LogP contribution in [-0.2, 0) is 28.5 Å². The van der Waals surface area contributed by atoms with Crippen molar-refractivity contribution in [2.45, 2.75) is 224 Å². The van der Waals surface area contributed by atoms with Crippen LogP contribution >= 0.6 is 0 Å². The van der Waals surface area contributed by atoms with E-state index in [1.807, 2.05) is 0 Å². The fourth-order valence-corrected chi connectivity index (χ4v) is 6.48. The first kappa shape index (κ1) is 48.5. The Labute approximate surface area is 316 Å². The Morgan fingerprint density at radius 2 is 1.02 bits per heavy atom. The maximum atomic E-state index is 12.7. The zero-order valence-electron chi connectivity index (χ0n) is 33.1. The number of unbranched alkanes of at least 4 members (excludes halogenated alkanes) is 22. The standard InChI is InChI=1S/C42H78O10/c1-3-5-7-9-11-13-15-16-17-18-19-20-21-23-25-27-29-31-38(45)51-35(34-50-42-41(48)40(47)39(46)36(32-43)52-42)33-49-37(44)30-28-26-24-22-14-12-10-8-6-4-2/h16-17,35-36,39-43,46-48H,3-15,18-34H2,1-2H3/b17-16-. The van der Waals surface area contributed by atoms with Gasteiger partial charge in [-0.3, -0.25) is 9.59 Å². The van der Waals surface area contributed by atoms with Gasteiger partial charge in [-0.25, -0.2) is 0 Å². The van der Waals surface area contributed by atoms with Crippen LogP contribution in [0.5, 0.6) is 0 Å². The van der Waals surface area contributed by atoms with Crippen LogP contribution in [0.2, 0.25) is 0 Å². The summed E-state index contributed by atoms with van der Waals surface area (Å²) >= 11 is 0. The molecule has 0 spiro atoms. The van der Waals surface area contributed by atoms with Gasteiger partial charge < -0.3 is 39.4 Å². The molecule has 1 aliphatic heterocycles. The van der Waals surface area contributed by atoms with Crippen molar-refractivity contribution in [1.29, 1.82) is 0 Å². The highest BCUT2D eigenvalue weighted by Crippen LogP contribution is 2.22. The highest BCUT2D eigenvalue weighted by Gasteiger charge is 2.44. The summed E-state index contributed by atoms with van der Waals surface area (Å²) in [6.45, 7) is 3.40. The van der Waals surface area contributed by atoms with Crippen molar-refractivity contribution in [3.05, 3.63) is 12.2 Å². The maximum Gasteiger partial charge on any atom is 0.306 e. The third-order valence-corrected chi connectivity index (χ3v) is 9.90. The molecule has 0 radical (unpaired) electrons. The highest BCUT2D eigenvalue weighted by molar-refractivity contribution is 5.70. The Balaban J connectivity index is 2.34. The van der Waals surface area contributed by atoms with E-state index in [0.29, 0.717) is 6.42 Å². The van der Waals surface area contributed by atoms with Crippen molar-refractivity contribution < 1.29 is 49.0 Å². The first-order valence-electron chi connectivity index (χ1n) is 21.3. The lowest BCUT2D eigenvalue weighted by molar-refractivity contribution is -0.305. The molecule has 52 heavy (non-hydrogen) atoms. The molecule has 1 aliphatic rings. The number of hydrogen-bond donors (Lipinski definition) is 4. The van der Waals surface area contributed by atoms with Gasteiger partial charge in [-0.05, 0) is 38.5 Å². The molecule has 1 saturated heterocycles. The van der Waals surface area contributed by atoms with Gasteiger partial charge in [-0.2, -0.15) is 0 Å². The Morgan fingerprint density at radius 3 is 1.50 bits per heavy atom. The van der Waals surface area contributed by atoms with Crippen molar-refractivity contribution in [3.8, 4) is 0 Å². The van der Waals surface area contributed by atoms with Crippen molar-refractivity contribution in [2.75, 3.05) is 19.8 Å². The van der Waals surface area contributed by atoms with Crippen molar-refractivity contribution in [1.82, 2.24) is 0 Å². The second-order valence-electron chi connectivity index (χ2n) is 14.8. The van der Waals surface area contributed by atoms with Crippen LogP contribution in [-0.4, -0.2) is 89.0 Å². The predicted molar refractivity (Wildman–Crippen MR) is 206 cm³/mol. The average Bonchev–Trinajstić information content (AvgIpc) is 3.14. The van der Waals surface area contributed by atoms with Gasteiger partial charge in [0.05, 0.1) is 13.2 Å². The molecule has 10 heteroatoms. The fourth-order valence-electron chi connectivity index (χ4n) is 6.48. The number of ether oxygens (including phenoxy) is 4. The molecule has 0 saturated carbocycles. The number of rotatable bonds is 35. The van der Waals surface area contributed by atoms with Crippen LogP contribution in [0.25, 0.3) is 0 Å². The molecule has 306 valence electrons. The van der Waals surface area contributed by atoms with Gasteiger partial charge in [0.25, 0.3) is 0 Å². The zero-order valence-corrected chi connectivity index (χ0v) is 33.1. The molecule has 0 aromatic rings. The third kappa shape index (κ3) is 25.5. The molecule has 1 rings (SSSR count). The summed E-state index contributed by atoms with van der Waals surface area (Å²) in [6.07, 6.45) is 26.5. The summed E-state index contributed by atoms with van der Waals surface area (Å²) in [5.74, 6) is -0.807. The number of carbonyl (C=O) groups excluding carboxylic acids is 2. The van der Waals surface area contributed by atoms with Gasteiger partial charge in [-0.15, -0.1) is 0 Å². The summed E-state index contributed by atoms with van der Waals surface area (Å²) in [5.41, 5.74) is 0. The minimum atomic E-state index is -1.59. The van der Waals surface area contributed by atoms with Gasteiger partial charge in [-0.1, -0.05) is 148 Å². The highest BCUT2D eigenvalue weighted by atomic mass is 16.7. The first-order chi connectivity index (χ1) is 25.3. The van der Waals surface area contributed by atoms with Crippen molar-refractivity contribution in [3.63, 3.8) is 0 Å². The predicted octanol–water partition coefficient (Wildman–Crippen LogP) is 8.39. The molecule has 0 aromatic heterocycles. The van der Waals surface area contributed by atoms with E-state index in [9.17, 15) is 30.0 Å². The number of hydrogen-bond acceptors (Lipinski definition) is 10. The van der Waals surface area contributed by atoms with E-state index in [4.69, 9.17) is 18.9 Å². The topological polar surface area (TPSA) is 152 Å². The third-order valence-electron chi connectivity index (χ3n) is 9.90. The molecule has 0 bridgehead atoms. The van der Waals surface area contributed by atoms with Crippen LogP contribution in [0.4, 0.5) is 0 Å². The summed E-state index contributed by atoms with van der Waals surface area (Å²) in [5, 5.41) is 40.0. The summed E-state index contributed by atoms with van der Waals surface area (Å²) < 4.78 is 22.1. The smallest absolute Gasteiger partial charge is 0.306 e. The molecule has 0 amide bonds. The number of aliphatic hydroxyl groups excluding tert-OH is 4.